The molecule has 3 rings (SSSR count). The zero-order chi connectivity index (χ0) is 20.6. The van der Waals surface area contributed by atoms with Crippen molar-refractivity contribution in [1.29, 1.82) is 0 Å². The highest BCUT2D eigenvalue weighted by molar-refractivity contribution is 5.91. The quantitative estimate of drug-likeness (QED) is 0.595. The summed E-state index contributed by atoms with van der Waals surface area (Å²) in [7, 11) is 1.77. The number of rotatable bonds is 9. The summed E-state index contributed by atoms with van der Waals surface area (Å²) in [6.45, 7) is 3.37. The van der Waals surface area contributed by atoms with E-state index in [1.807, 2.05) is 30.3 Å². The Labute approximate surface area is 170 Å². The highest BCUT2D eigenvalue weighted by atomic mass is 16.5. The van der Waals surface area contributed by atoms with Crippen molar-refractivity contribution in [3.8, 4) is 5.75 Å². The first-order valence-corrected chi connectivity index (χ1v) is 9.79. The van der Waals surface area contributed by atoms with Crippen molar-refractivity contribution in [3.05, 3.63) is 66.1 Å². The predicted molar refractivity (Wildman–Crippen MR) is 112 cm³/mol. The van der Waals surface area contributed by atoms with Crippen LogP contribution in [-0.2, 0) is 11.3 Å². The minimum Gasteiger partial charge on any atom is -0.493 e. The van der Waals surface area contributed by atoms with E-state index in [1.165, 1.54) is 6.26 Å². The average Bonchev–Trinajstić information content (AvgIpc) is 3.28. The van der Waals surface area contributed by atoms with Crippen molar-refractivity contribution in [1.82, 2.24) is 10.2 Å². The van der Waals surface area contributed by atoms with Gasteiger partial charge in [-0.2, -0.15) is 0 Å². The molecule has 0 radical (unpaired) electrons. The summed E-state index contributed by atoms with van der Waals surface area (Å²) in [6, 6.07) is 15.3. The van der Waals surface area contributed by atoms with E-state index in [4.69, 9.17) is 9.15 Å². The highest BCUT2D eigenvalue weighted by Gasteiger charge is 2.16. The minimum absolute atomic E-state index is 0.0564. The minimum atomic E-state index is -0.324. The lowest BCUT2D eigenvalue weighted by molar-refractivity contribution is -0.130. The van der Waals surface area contributed by atoms with E-state index < -0.39 is 0 Å². The molecule has 0 aliphatic rings. The van der Waals surface area contributed by atoms with Gasteiger partial charge in [0.25, 0.3) is 5.91 Å². The summed E-state index contributed by atoms with van der Waals surface area (Å²) in [5, 5.41) is 4.88. The van der Waals surface area contributed by atoms with Gasteiger partial charge in [0.2, 0.25) is 5.91 Å². The van der Waals surface area contributed by atoms with Crippen LogP contribution in [0.25, 0.3) is 10.8 Å². The van der Waals surface area contributed by atoms with Gasteiger partial charge in [0, 0.05) is 32.1 Å². The van der Waals surface area contributed by atoms with Gasteiger partial charge in [0.15, 0.2) is 5.76 Å². The van der Waals surface area contributed by atoms with E-state index in [9.17, 15) is 9.59 Å². The van der Waals surface area contributed by atoms with Crippen LogP contribution in [0, 0.1) is 0 Å². The van der Waals surface area contributed by atoms with Crippen LogP contribution in [0.5, 0.6) is 5.75 Å². The molecule has 6 heteroatoms. The first-order valence-electron chi connectivity index (χ1n) is 9.79. The largest absolute Gasteiger partial charge is 0.493 e. The van der Waals surface area contributed by atoms with Crippen molar-refractivity contribution in [2.75, 3.05) is 20.2 Å². The van der Waals surface area contributed by atoms with Gasteiger partial charge in [-0.15, -0.1) is 0 Å². The fraction of sp³-hybridized carbons (Fsp3) is 0.304. The Balaban J connectivity index is 1.65. The van der Waals surface area contributed by atoms with Gasteiger partial charge in [-0.1, -0.05) is 37.3 Å². The third-order valence-electron chi connectivity index (χ3n) is 4.65. The summed E-state index contributed by atoms with van der Waals surface area (Å²) in [6.07, 6.45) is 2.56. The third kappa shape index (κ3) is 5.16. The fourth-order valence-electron chi connectivity index (χ4n) is 3.12. The molecule has 0 saturated carbocycles. The standard InChI is InChI=1S/C23H26N2O4/c1-3-14-28-20-11-10-17-7-4-5-8-18(17)19(20)16-25(2)22(26)12-13-24-23(27)21-9-6-15-29-21/h4-11,15H,3,12-14,16H2,1-2H3,(H,24,27). The third-order valence-corrected chi connectivity index (χ3v) is 4.65. The van der Waals surface area contributed by atoms with Crippen LogP contribution in [0.3, 0.4) is 0 Å². The Morgan fingerprint density at radius 1 is 1.10 bits per heavy atom. The summed E-state index contributed by atoms with van der Waals surface area (Å²) in [5.74, 6) is 0.657. The van der Waals surface area contributed by atoms with Crippen LogP contribution in [0.15, 0.2) is 59.2 Å². The number of hydrogen-bond acceptors (Lipinski definition) is 4. The van der Waals surface area contributed by atoms with E-state index in [0.29, 0.717) is 13.2 Å². The maximum atomic E-state index is 12.6. The molecule has 0 aliphatic heterocycles. The fourth-order valence-corrected chi connectivity index (χ4v) is 3.12. The molecule has 29 heavy (non-hydrogen) atoms. The second-order valence-electron chi connectivity index (χ2n) is 6.84. The van der Waals surface area contributed by atoms with Gasteiger partial charge in [-0.25, -0.2) is 0 Å². The van der Waals surface area contributed by atoms with Crippen LogP contribution < -0.4 is 10.1 Å². The van der Waals surface area contributed by atoms with Crippen LogP contribution in [0.1, 0.15) is 35.9 Å². The second-order valence-corrected chi connectivity index (χ2v) is 6.84. The first-order chi connectivity index (χ1) is 14.1. The van der Waals surface area contributed by atoms with Gasteiger partial charge in [-0.05, 0) is 35.4 Å². The Morgan fingerprint density at radius 2 is 1.93 bits per heavy atom. The van der Waals surface area contributed by atoms with E-state index in [1.54, 1.807) is 24.1 Å². The van der Waals surface area contributed by atoms with E-state index >= 15 is 0 Å². The number of nitrogens with zero attached hydrogens (tertiary/aromatic N) is 1. The zero-order valence-corrected chi connectivity index (χ0v) is 16.8. The molecule has 152 valence electrons. The highest BCUT2D eigenvalue weighted by Crippen LogP contribution is 2.29. The number of amides is 2. The summed E-state index contributed by atoms with van der Waals surface area (Å²) in [4.78, 5) is 26.1. The topological polar surface area (TPSA) is 71.8 Å². The smallest absolute Gasteiger partial charge is 0.286 e. The number of fused-ring (bicyclic) bond motifs is 1. The SMILES string of the molecule is CCCOc1ccc2ccccc2c1CN(C)C(=O)CCNC(=O)c1ccco1. The molecule has 1 heterocycles. The number of nitrogens with one attached hydrogen (secondary N) is 1. The molecule has 6 nitrogen and oxygen atoms in total. The first kappa shape index (κ1) is 20.5. The van der Waals surface area contributed by atoms with Crippen LogP contribution in [-0.4, -0.2) is 36.9 Å². The van der Waals surface area contributed by atoms with Crippen LogP contribution in [0.2, 0.25) is 0 Å². The van der Waals surface area contributed by atoms with E-state index in [-0.39, 0.29) is 30.5 Å². The predicted octanol–water partition coefficient (Wildman–Crippen LogP) is 4.00. The molecule has 0 aliphatic carbocycles. The summed E-state index contributed by atoms with van der Waals surface area (Å²) >= 11 is 0. The monoisotopic (exact) mass is 394 g/mol. The molecule has 3 aromatic rings. The molecule has 0 spiro atoms. The van der Waals surface area contributed by atoms with Crippen LogP contribution in [0.4, 0.5) is 0 Å². The number of furan rings is 1. The molecule has 0 bridgehead atoms. The number of ether oxygens (including phenoxy) is 1. The molecule has 0 unspecified atom stereocenters. The van der Waals surface area contributed by atoms with Crippen molar-refractivity contribution >= 4 is 22.6 Å². The Kier molecular flexibility index (Phi) is 6.89. The number of benzene rings is 2. The Morgan fingerprint density at radius 3 is 2.69 bits per heavy atom. The second kappa shape index (κ2) is 9.78. The van der Waals surface area contributed by atoms with Gasteiger partial charge >= 0.3 is 0 Å². The molecule has 1 aromatic heterocycles. The Bertz CT molecular complexity index is 966. The maximum absolute atomic E-state index is 12.6. The molecule has 1 N–H and O–H groups in total. The van der Waals surface area contributed by atoms with E-state index in [0.717, 1.165) is 28.5 Å². The summed E-state index contributed by atoms with van der Waals surface area (Å²) < 4.78 is 11.0. The lowest BCUT2D eigenvalue weighted by atomic mass is 10.0. The number of hydrogen-bond donors (Lipinski definition) is 1. The zero-order valence-electron chi connectivity index (χ0n) is 16.8. The van der Waals surface area contributed by atoms with Crippen molar-refractivity contribution in [2.24, 2.45) is 0 Å². The normalized spacial score (nSPS) is 10.7. The Hall–Kier alpha value is -3.28. The maximum Gasteiger partial charge on any atom is 0.286 e. The molecular weight excluding hydrogens is 368 g/mol. The molecule has 2 aromatic carbocycles. The number of carbonyl (C=O) groups excluding carboxylic acids is 2. The molecule has 0 saturated heterocycles. The van der Waals surface area contributed by atoms with Gasteiger partial charge in [0.1, 0.15) is 5.75 Å². The van der Waals surface area contributed by atoms with Gasteiger partial charge < -0.3 is 19.4 Å². The number of carbonyl (C=O) groups is 2. The van der Waals surface area contributed by atoms with E-state index in [2.05, 4.69) is 18.3 Å². The van der Waals surface area contributed by atoms with Crippen molar-refractivity contribution < 1.29 is 18.7 Å². The lowest BCUT2D eigenvalue weighted by Crippen LogP contribution is -2.32. The van der Waals surface area contributed by atoms with Gasteiger partial charge in [-0.3, -0.25) is 9.59 Å². The molecular formula is C23H26N2O4. The lowest BCUT2D eigenvalue weighted by Gasteiger charge is -2.21. The average molecular weight is 394 g/mol. The summed E-state index contributed by atoms with van der Waals surface area (Å²) in [5.41, 5.74) is 0.993. The molecule has 2 amide bonds. The molecule has 0 fully saturated rings. The van der Waals surface area contributed by atoms with Crippen molar-refractivity contribution in [2.45, 2.75) is 26.3 Å². The van der Waals surface area contributed by atoms with Gasteiger partial charge in [0.05, 0.1) is 12.9 Å². The van der Waals surface area contributed by atoms with Crippen LogP contribution >= 0.6 is 0 Å². The molecule has 0 atom stereocenters. The van der Waals surface area contributed by atoms with Crippen molar-refractivity contribution in [3.63, 3.8) is 0 Å².